The number of fused-ring (bicyclic) bond motifs is 1. The third kappa shape index (κ3) is 3.24. The molecular formula is C20H23N3O2. The van der Waals surface area contributed by atoms with Crippen LogP contribution in [0.3, 0.4) is 0 Å². The van der Waals surface area contributed by atoms with Gasteiger partial charge in [-0.2, -0.15) is 0 Å². The Labute approximate surface area is 147 Å². The largest absolute Gasteiger partial charge is 0.481 e. The maximum Gasteiger partial charge on any atom is 0.311 e. The predicted molar refractivity (Wildman–Crippen MR) is 96.7 cm³/mol. The molecule has 2 aliphatic rings. The van der Waals surface area contributed by atoms with Crippen molar-refractivity contribution in [3.63, 3.8) is 0 Å². The fourth-order valence-corrected chi connectivity index (χ4v) is 3.96. The van der Waals surface area contributed by atoms with Gasteiger partial charge in [-0.15, -0.1) is 0 Å². The lowest BCUT2D eigenvalue weighted by molar-refractivity contribution is -0.138. The summed E-state index contributed by atoms with van der Waals surface area (Å²) < 4.78 is 0. The third-order valence-corrected chi connectivity index (χ3v) is 5.31. The number of nitrogens with one attached hydrogen (secondary N) is 1. The molecule has 0 saturated carbocycles. The van der Waals surface area contributed by atoms with Crippen LogP contribution in [0.25, 0.3) is 0 Å². The summed E-state index contributed by atoms with van der Waals surface area (Å²) in [6.07, 6.45) is 5.03. The van der Waals surface area contributed by atoms with Crippen LogP contribution in [0.1, 0.15) is 47.9 Å². The molecule has 0 amide bonds. The Kier molecular flexibility index (Phi) is 4.40. The summed E-state index contributed by atoms with van der Waals surface area (Å²) in [5, 5.41) is 13.0. The van der Waals surface area contributed by atoms with Crippen LogP contribution in [0, 0.1) is 0 Å². The summed E-state index contributed by atoms with van der Waals surface area (Å²) in [6, 6.07) is 12.1. The molecular weight excluding hydrogens is 314 g/mol. The second-order valence-corrected chi connectivity index (χ2v) is 6.91. The highest BCUT2D eigenvalue weighted by atomic mass is 16.4. The molecule has 2 heterocycles. The molecule has 2 aromatic rings. The Hall–Kier alpha value is -2.40. The van der Waals surface area contributed by atoms with E-state index in [0.717, 1.165) is 35.6 Å². The number of benzene rings is 1. The van der Waals surface area contributed by atoms with Crippen LogP contribution < -0.4 is 10.2 Å². The van der Waals surface area contributed by atoms with Crippen molar-refractivity contribution in [2.24, 2.45) is 0 Å². The van der Waals surface area contributed by atoms with Gasteiger partial charge in [0.15, 0.2) is 0 Å². The van der Waals surface area contributed by atoms with Crippen molar-refractivity contribution in [1.29, 1.82) is 0 Å². The molecule has 1 fully saturated rings. The fourth-order valence-electron chi connectivity index (χ4n) is 3.96. The van der Waals surface area contributed by atoms with Crippen molar-refractivity contribution in [3.05, 3.63) is 59.3 Å². The normalized spacial score (nSPS) is 22.2. The van der Waals surface area contributed by atoms with E-state index in [0.29, 0.717) is 13.0 Å². The number of carboxylic acid groups (broad SMARTS) is 1. The van der Waals surface area contributed by atoms with Crippen molar-refractivity contribution in [1.82, 2.24) is 10.3 Å². The van der Waals surface area contributed by atoms with E-state index in [1.165, 1.54) is 12.8 Å². The van der Waals surface area contributed by atoms with Crippen molar-refractivity contribution >= 4 is 11.8 Å². The average Bonchev–Trinajstić information content (AvgIpc) is 3.29. The van der Waals surface area contributed by atoms with Gasteiger partial charge in [0.1, 0.15) is 5.82 Å². The summed E-state index contributed by atoms with van der Waals surface area (Å²) in [5.41, 5.74) is 3.17. The van der Waals surface area contributed by atoms with Crippen LogP contribution in [0.15, 0.2) is 42.6 Å². The van der Waals surface area contributed by atoms with E-state index < -0.39 is 11.9 Å². The van der Waals surface area contributed by atoms with Crippen molar-refractivity contribution in [3.8, 4) is 0 Å². The molecule has 5 nitrogen and oxygen atoms in total. The van der Waals surface area contributed by atoms with Gasteiger partial charge in [0.05, 0.1) is 5.92 Å². The van der Waals surface area contributed by atoms with Gasteiger partial charge in [0.25, 0.3) is 0 Å². The fraction of sp³-hybridized carbons (Fsp3) is 0.400. The molecule has 4 rings (SSSR count). The number of nitrogens with zero attached hydrogens (tertiary/aromatic N) is 2. The molecule has 1 aliphatic heterocycles. The molecule has 0 radical (unpaired) electrons. The van der Waals surface area contributed by atoms with Gasteiger partial charge in [0, 0.05) is 31.9 Å². The van der Waals surface area contributed by atoms with Crippen molar-refractivity contribution < 1.29 is 9.90 Å². The standard InChI is InChI=1S/C20H23N3O2/c24-20(25)17-11-18(16-6-2-1-5-15(16)17)21-12-14-7-8-19(22-13-14)23-9-3-4-10-23/h1-2,5-8,13,17-18,21H,3-4,9-12H2,(H,24,25)/t17-,18+/m1/s1. The van der Waals surface area contributed by atoms with Gasteiger partial charge in [-0.05, 0) is 42.0 Å². The molecule has 2 N–H and O–H groups in total. The van der Waals surface area contributed by atoms with Crippen LogP contribution in [-0.4, -0.2) is 29.1 Å². The van der Waals surface area contributed by atoms with E-state index in [-0.39, 0.29) is 6.04 Å². The minimum Gasteiger partial charge on any atom is -0.481 e. The Morgan fingerprint density at radius 1 is 1.16 bits per heavy atom. The zero-order valence-corrected chi connectivity index (χ0v) is 14.2. The number of aliphatic carboxylic acids is 1. The molecule has 1 aliphatic carbocycles. The molecule has 130 valence electrons. The lowest BCUT2D eigenvalue weighted by Gasteiger charge is -2.17. The summed E-state index contributed by atoms with van der Waals surface area (Å²) in [6.45, 7) is 2.89. The first kappa shape index (κ1) is 16.1. The maximum absolute atomic E-state index is 11.5. The quantitative estimate of drug-likeness (QED) is 0.878. The number of carboxylic acids is 1. The third-order valence-electron chi connectivity index (χ3n) is 5.31. The number of aromatic nitrogens is 1. The smallest absolute Gasteiger partial charge is 0.311 e. The molecule has 2 atom stereocenters. The first-order valence-electron chi connectivity index (χ1n) is 8.97. The Bertz CT molecular complexity index is 754. The van der Waals surface area contributed by atoms with E-state index in [9.17, 15) is 9.90 Å². The molecule has 25 heavy (non-hydrogen) atoms. The van der Waals surface area contributed by atoms with E-state index >= 15 is 0 Å². The monoisotopic (exact) mass is 337 g/mol. The van der Waals surface area contributed by atoms with E-state index in [1.54, 1.807) is 0 Å². The number of pyridine rings is 1. The van der Waals surface area contributed by atoms with Gasteiger partial charge < -0.3 is 15.3 Å². The average molecular weight is 337 g/mol. The Morgan fingerprint density at radius 3 is 2.60 bits per heavy atom. The van der Waals surface area contributed by atoms with Gasteiger partial charge in [-0.25, -0.2) is 4.98 Å². The minimum absolute atomic E-state index is 0.0792. The molecule has 1 aromatic carbocycles. The summed E-state index contributed by atoms with van der Waals surface area (Å²) in [4.78, 5) is 18.4. The van der Waals surface area contributed by atoms with Gasteiger partial charge in [0.2, 0.25) is 0 Å². The first-order valence-corrected chi connectivity index (χ1v) is 8.97. The first-order chi connectivity index (χ1) is 12.2. The number of hydrogen-bond donors (Lipinski definition) is 2. The highest BCUT2D eigenvalue weighted by Crippen LogP contribution is 2.40. The maximum atomic E-state index is 11.5. The summed E-state index contributed by atoms with van der Waals surface area (Å²) in [7, 11) is 0. The van der Waals surface area contributed by atoms with Crippen LogP contribution in [0.4, 0.5) is 5.82 Å². The lowest BCUT2D eigenvalue weighted by Crippen LogP contribution is -2.21. The number of rotatable bonds is 5. The molecule has 0 bridgehead atoms. The van der Waals surface area contributed by atoms with E-state index in [2.05, 4.69) is 27.3 Å². The highest BCUT2D eigenvalue weighted by Gasteiger charge is 2.34. The van der Waals surface area contributed by atoms with Crippen molar-refractivity contribution in [2.45, 2.75) is 37.8 Å². The highest BCUT2D eigenvalue weighted by molar-refractivity contribution is 5.78. The van der Waals surface area contributed by atoms with Crippen LogP contribution in [-0.2, 0) is 11.3 Å². The Balaban J connectivity index is 1.42. The number of hydrogen-bond acceptors (Lipinski definition) is 4. The van der Waals surface area contributed by atoms with Gasteiger partial charge >= 0.3 is 5.97 Å². The molecule has 5 heteroatoms. The number of carbonyl (C=O) groups is 1. The van der Waals surface area contributed by atoms with Gasteiger partial charge in [-0.1, -0.05) is 30.3 Å². The topological polar surface area (TPSA) is 65.5 Å². The summed E-state index contributed by atoms with van der Waals surface area (Å²) in [5.74, 6) is -0.101. The molecule has 0 spiro atoms. The minimum atomic E-state index is -0.742. The van der Waals surface area contributed by atoms with E-state index in [1.807, 2.05) is 30.5 Å². The Morgan fingerprint density at radius 2 is 1.92 bits per heavy atom. The summed E-state index contributed by atoms with van der Waals surface area (Å²) >= 11 is 0. The predicted octanol–water partition coefficient (Wildman–Crippen LogP) is 3.08. The van der Waals surface area contributed by atoms with Gasteiger partial charge in [-0.3, -0.25) is 4.79 Å². The van der Waals surface area contributed by atoms with Crippen molar-refractivity contribution in [2.75, 3.05) is 18.0 Å². The SMILES string of the molecule is O=C(O)[C@@H]1C[C@H](NCc2ccc(N3CCCC3)nc2)c2ccccc21. The second-order valence-electron chi connectivity index (χ2n) is 6.91. The van der Waals surface area contributed by atoms with Crippen LogP contribution in [0.5, 0.6) is 0 Å². The molecule has 1 saturated heterocycles. The second kappa shape index (κ2) is 6.84. The van der Waals surface area contributed by atoms with Crippen LogP contribution >= 0.6 is 0 Å². The molecule has 0 unspecified atom stereocenters. The zero-order chi connectivity index (χ0) is 17.2. The lowest BCUT2D eigenvalue weighted by atomic mass is 10.0. The van der Waals surface area contributed by atoms with Crippen LogP contribution in [0.2, 0.25) is 0 Å². The number of anilines is 1. The van der Waals surface area contributed by atoms with E-state index in [4.69, 9.17) is 0 Å². The zero-order valence-electron chi connectivity index (χ0n) is 14.2. The molecule has 1 aromatic heterocycles.